The van der Waals surface area contributed by atoms with Crippen LogP contribution in [-0.4, -0.2) is 29.7 Å². The van der Waals surface area contributed by atoms with E-state index >= 15 is 0 Å². The molecule has 0 aliphatic rings. The Bertz CT molecular complexity index is 1010. The van der Waals surface area contributed by atoms with Crippen molar-refractivity contribution in [2.24, 2.45) is 0 Å². The van der Waals surface area contributed by atoms with Crippen LogP contribution in [0.3, 0.4) is 0 Å². The first-order valence-electron chi connectivity index (χ1n) is 9.04. The summed E-state index contributed by atoms with van der Waals surface area (Å²) in [6.07, 6.45) is 0.195. The normalized spacial score (nSPS) is 10.5. The fraction of sp³-hybridized carbons (Fsp3) is 0.190. The number of rotatable bonds is 9. The fourth-order valence-corrected chi connectivity index (χ4v) is 4.26. The maximum Gasteiger partial charge on any atom is 0.234 e. The molecule has 3 rings (SSSR count). The third kappa shape index (κ3) is 7.05. The molecule has 0 spiro atoms. The lowest BCUT2D eigenvalue weighted by molar-refractivity contribution is -0.120. The maximum atomic E-state index is 12.1. The van der Waals surface area contributed by atoms with E-state index in [0.717, 1.165) is 9.90 Å². The molecule has 1 heterocycles. The maximum absolute atomic E-state index is 12.1. The standard InChI is InChI=1S/C21H20ClN3O3S2/c1-28-18-4-2-3-16(9-18)24-20(27)13-30-21-25-17(12-29-21)10-19(26)23-11-14-5-7-15(22)8-6-14/h2-9,12H,10-11,13H2,1H3,(H,23,26)(H,24,27). The Labute approximate surface area is 188 Å². The zero-order valence-corrected chi connectivity index (χ0v) is 18.6. The molecule has 9 heteroatoms. The Morgan fingerprint density at radius 3 is 2.73 bits per heavy atom. The third-order valence-corrected chi connectivity index (χ3v) is 6.28. The van der Waals surface area contributed by atoms with Crippen molar-refractivity contribution in [2.75, 3.05) is 18.2 Å². The number of carbonyl (C=O) groups is 2. The van der Waals surface area contributed by atoms with Crippen LogP contribution in [0.25, 0.3) is 0 Å². The lowest BCUT2D eigenvalue weighted by Crippen LogP contribution is -2.24. The summed E-state index contributed by atoms with van der Waals surface area (Å²) in [5.41, 5.74) is 2.34. The van der Waals surface area contributed by atoms with Gasteiger partial charge in [0.2, 0.25) is 11.8 Å². The van der Waals surface area contributed by atoms with Crippen LogP contribution in [0.2, 0.25) is 5.02 Å². The Morgan fingerprint density at radius 1 is 1.17 bits per heavy atom. The Kier molecular flexibility index (Phi) is 8.12. The highest BCUT2D eigenvalue weighted by molar-refractivity contribution is 8.01. The molecule has 6 nitrogen and oxygen atoms in total. The van der Waals surface area contributed by atoms with Gasteiger partial charge in [0.25, 0.3) is 0 Å². The van der Waals surface area contributed by atoms with E-state index in [9.17, 15) is 9.59 Å². The van der Waals surface area contributed by atoms with Gasteiger partial charge in [0.1, 0.15) is 5.75 Å². The van der Waals surface area contributed by atoms with Gasteiger partial charge in [-0.15, -0.1) is 11.3 Å². The summed E-state index contributed by atoms with van der Waals surface area (Å²) in [5, 5.41) is 8.19. The topological polar surface area (TPSA) is 80.3 Å². The van der Waals surface area contributed by atoms with Crippen molar-refractivity contribution >= 4 is 52.2 Å². The molecule has 1 aromatic heterocycles. The van der Waals surface area contributed by atoms with E-state index in [1.165, 1.54) is 23.1 Å². The average molecular weight is 462 g/mol. The lowest BCUT2D eigenvalue weighted by atomic mass is 10.2. The summed E-state index contributed by atoms with van der Waals surface area (Å²) in [6, 6.07) is 14.5. The van der Waals surface area contributed by atoms with Gasteiger partial charge in [0.15, 0.2) is 4.34 Å². The number of halogens is 1. The molecule has 30 heavy (non-hydrogen) atoms. The molecular weight excluding hydrogens is 442 g/mol. The monoisotopic (exact) mass is 461 g/mol. The van der Waals surface area contributed by atoms with E-state index in [1.807, 2.05) is 29.6 Å². The van der Waals surface area contributed by atoms with E-state index in [1.54, 1.807) is 31.4 Å². The Balaban J connectivity index is 1.42. The Morgan fingerprint density at radius 2 is 1.97 bits per heavy atom. The largest absolute Gasteiger partial charge is 0.497 e. The predicted octanol–water partition coefficient (Wildman–Crippen LogP) is 4.39. The van der Waals surface area contributed by atoms with Crippen LogP contribution in [0.4, 0.5) is 5.69 Å². The number of anilines is 1. The van der Waals surface area contributed by atoms with Gasteiger partial charge in [-0.2, -0.15) is 0 Å². The number of ether oxygens (including phenoxy) is 1. The first kappa shape index (κ1) is 22.1. The van der Waals surface area contributed by atoms with Gasteiger partial charge in [-0.25, -0.2) is 4.98 Å². The van der Waals surface area contributed by atoms with Crippen molar-refractivity contribution < 1.29 is 14.3 Å². The van der Waals surface area contributed by atoms with Crippen LogP contribution in [0.15, 0.2) is 58.3 Å². The second kappa shape index (κ2) is 11.0. The molecule has 3 aromatic rings. The first-order chi connectivity index (χ1) is 14.5. The molecule has 0 bridgehead atoms. The number of amides is 2. The molecule has 0 aliphatic carbocycles. The first-order valence-corrected chi connectivity index (χ1v) is 11.3. The SMILES string of the molecule is COc1cccc(NC(=O)CSc2nc(CC(=O)NCc3ccc(Cl)cc3)cs2)c1. The van der Waals surface area contributed by atoms with Crippen LogP contribution in [0.1, 0.15) is 11.3 Å². The summed E-state index contributed by atoms with van der Waals surface area (Å²) >= 11 is 8.61. The highest BCUT2D eigenvalue weighted by Crippen LogP contribution is 2.23. The Hall–Kier alpha value is -2.55. The molecule has 0 saturated heterocycles. The molecule has 0 atom stereocenters. The summed E-state index contributed by atoms with van der Waals surface area (Å²) in [6.45, 7) is 0.437. The molecule has 0 saturated carbocycles. The second-order valence-electron chi connectivity index (χ2n) is 6.25. The molecule has 156 valence electrons. The molecule has 2 aromatic carbocycles. The van der Waals surface area contributed by atoms with Crippen LogP contribution in [-0.2, 0) is 22.6 Å². The van der Waals surface area contributed by atoms with Crippen LogP contribution in [0, 0.1) is 0 Å². The zero-order chi connectivity index (χ0) is 21.3. The molecule has 2 N–H and O–H groups in total. The van der Waals surface area contributed by atoms with E-state index in [-0.39, 0.29) is 24.0 Å². The van der Waals surface area contributed by atoms with Gasteiger partial charge >= 0.3 is 0 Å². The van der Waals surface area contributed by atoms with Gasteiger partial charge in [0, 0.05) is 28.7 Å². The molecule has 0 unspecified atom stereocenters. The minimum absolute atomic E-state index is 0.109. The average Bonchev–Trinajstić information content (AvgIpc) is 3.19. The van der Waals surface area contributed by atoms with E-state index in [0.29, 0.717) is 28.7 Å². The zero-order valence-electron chi connectivity index (χ0n) is 16.2. The number of thiazole rings is 1. The number of nitrogens with zero attached hydrogens (tertiary/aromatic N) is 1. The summed E-state index contributed by atoms with van der Waals surface area (Å²) < 4.78 is 5.89. The number of thioether (sulfide) groups is 1. The van der Waals surface area contributed by atoms with E-state index in [4.69, 9.17) is 16.3 Å². The number of hydrogen-bond acceptors (Lipinski definition) is 6. The number of hydrogen-bond donors (Lipinski definition) is 2. The quantitative estimate of drug-likeness (QED) is 0.462. The molecule has 0 radical (unpaired) electrons. The lowest BCUT2D eigenvalue weighted by Gasteiger charge is -2.06. The molecular formula is C21H20ClN3O3S2. The van der Waals surface area contributed by atoms with Gasteiger partial charge in [0.05, 0.1) is 25.0 Å². The van der Waals surface area contributed by atoms with E-state index < -0.39 is 0 Å². The smallest absolute Gasteiger partial charge is 0.234 e. The van der Waals surface area contributed by atoms with Crippen molar-refractivity contribution in [1.82, 2.24) is 10.3 Å². The van der Waals surface area contributed by atoms with Gasteiger partial charge in [-0.3, -0.25) is 9.59 Å². The van der Waals surface area contributed by atoms with Crippen LogP contribution in [0.5, 0.6) is 5.75 Å². The summed E-state index contributed by atoms with van der Waals surface area (Å²) in [4.78, 5) is 28.7. The number of nitrogens with one attached hydrogen (secondary N) is 2. The minimum atomic E-state index is -0.134. The van der Waals surface area contributed by atoms with Crippen molar-refractivity contribution in [2.45, 2.75) is 17.3 Å². The van der Waals surface area contributed by atoms with Crippen molar-refractivity contribution in [3.8, 4) is 5.75 Å². The number of aromatic nitrogens is 1. The number of benzene rings is 2. The third-order valence-electron chi connectivity index (χ3n) is 3.96. The van der Waals surface area contributed by atoms with Crippen molar-refractivity contribution in [1.29, 1.82) is 0 Å². The molecule has 0 aliphatic heterocycles. The van der Waals surface area contributed by atoms with E-state index in [2.05, 4.69) is 15.6 Å². The fourth-order valence-electron chi connectivity index (χ4n) is 2.49. The minimum Gasteiger partial charge on any atom is -0.497 e. The number of carbonyl (C=O) groups excluding carboxylic acids is 2. The van der Waals surface area contributed by atoms with Gasteiger partial charge in [-0.1, -0.05) is 41.6 Å². The molecule has 2 amide bonds. The molecule has 0 fully saturated rings. The highest BCUT2D eigenvalue weighted by atomic mass is 35.5. The predicted molar refractivity (Wildman–Crippen MR) is 121 cm³/mol. The second-order valence-corrected chi connectivity index (χ2v) is 8.77. The van der Waals surface area contributed by atoms with Crippen molar-refractivity contribution in [3.63, 3.8) is 0 Å². The highest BCUT2D eigenvalue weighted by Gasteiger charge is 2.10. The van der Waals surface area contributed by atoms with Gasteiger partial charge in [-0.05, 0) is 29.8 Å². The van der Waals surface area contributed by atoms with Crippen LogP contribution < -0.4 is 15.4 Å². The van der Waals surface area contributed by atoms with Crippen LogP contribution >= 0.6 is 34.7 Å². The van der Waals surface area contributed by atoms with Crippen molar-refractivity contribution in [3.05, 3.63) is 70.2 Å². The number of methoxy groups -OCH3 is 1. The van der Waals surface area contributed by atoms with Gasteiger partial charge < -0.3 is 15.4 Å². The summed E-state index contributed by atoms with van der Waals surface area (Å²) in [7, 11) is 1.58. The summed E-state index contributed by atoms with van der Waals surface area (Å²) in [5.74, 6) is 0.667.